The number of pyridine rings is 1. The molecule has 1 N–H and O–H groups in total. The zero-order valence-electron chi connectivity index (χ0n) is 15.4. The van der Waals surface area contributed by atoms with Gasteiger partial charge in [0.1, 0.15) is 5.82 Å². The second-order valence-corrected chi connectivity index (χ2v) is 7.89. The number of hydrogen-bond acceptors (Lipinski definition) is 4. The highest BCUT2D eigenvalue weighted by molar-refractivity contribution is 5.77. The molecule has 0 aromatic carbocycles. The molecule has 138 valence electrons. The molecule has 4 heterocycles. The fourth-order valence-electron chi connectivity index (χ4n) is 4.31. The zero-order valence-corrected chi connectivity index (χ0v) is 15.4. The van der Waals surface area contributed by atoms with Crippen LogP contribution in [0.1, 0.15) is 42.8 Å². The Hall–Kier alpha value is -2.21. The third-order valence-electron chi connectivity index (χ3n) is 5.92. The summed E-state index contributed by atoms with van der Waals surface area (Å²) in [4.78, 5) is 28.8. The first-order valence-electron chi connectivity index (χ1n) is 9.51. The molecule has 1 amide bonds. The molecule has 0 bridgehead atoms. The summed E-state index contributed by atoms with van der Waals surface area (Å²) in [6.07, 6.45) is 9.53. The molecule has 2 aromatic heterocycles. The molecular formula is C20H27N5O. The van der Waals surface area contributed by atoms with Crippen LogP contribution in [0.3, 0.4) is 0 Å². The molecule has 0 radical (unpaired) electrons. The van der Waals surface area contributed by atoms with E-state index in [9.17, 15) is 4.79 Å². The number of imidazole rings is 1. The summed E-state index contributed by atoms with van der Waals surface area (Å²) in [5.41, 5.74) is 2.57. The Morgan fingerprint density at radius 3 is 2.62 bits per heavy atom. The molecule has 0 atom stereocenters. The van der Waals surface area contributed by atoms with E-state index in [1.54, 1.807) is 12.4 Å². The smallest absolute Gasteiger partial charge is 0.222 e. The van der Waals surface area contributed by atoms with Gasteiger partial charge in [-0.25, -0.2) is 4.98 Å². The molecule has 0 aliphatic carbocycles. The van der Waals surface area contributed by atoms with Crippen molar-refractivity contribution in [2.45, 2.75) is 45.7 Å². The van der Waals surface area contributed by atoms with Crippen molar-refractivity contribution < 1.29 is 4.79 Å². The molecule has 2 aromatic rings. The van der Waals surface area contributed by atoms with Crippen molar-refractivity contribution in [3.63, 3.8) is 0 Å². The van der Waals surface area contributed by atoms with Crippen molar-refractivity contribution in [1.29, 1.82) is 0 Å². The monoisotopic (exact) mass is 353 g/mol. The summed E-state index contributed by atoms with van der Waals surface area (Å²) in [5.74, 6) is 1.34. The fourth-order valence-corrected chi connectivity index (χ4v) is 4.31. The van der Waals surface area contributed by atoms with Gasteiger partial charge < -0.3 is 9.88 Å². The van der Waals surface area contributed by atoms with E-state index in [0.29, 0.717) is 18.9 Å². The van der Waals surface area contributed by atoms with E-state index < -0.39 is 0 Å². The van der Waals surface area contributed by atoms with Crippen LogP contribution in [-0.2, 0) is 17.9 Å². The Bertz CT molecular complexity index is 749. The molecule has 0 saturated carbocycles. The predicted octanol–water partition coefficient (Wildman–Crippen LogP) is 2.52. The second-order valence-electron chi connectivity index (χ2n) is 7.89. The number of aromatic nitrogens is 3. The van der Waals surface area contributed by atoms with Crippen LogP contribution in [0.15, 0.2) is 30.7 Å². The van der Waals surface area contributed by atoms with Crippen molar-refractivity contribution in [1.82, 2.24) is 24.8 Å². The number of H-pyrrole nitrogens is 1. The first-order valence-corrected chi connectivity index (χ1v) is 9.51. The van der Waals surface area contributed by atoms with Gasteiger partial charge in [-0.3, -0.25) is 14.7 Å². The normalized spacial score (nSPS) is 20.7. The average molecular weight is 353 g/mol. The Morgan fingerprint density at radius 2 is 1.92 bits per heavy atom. The molecule has 6 heteroatoms. The number of likely N-dealkylation sites (tertiary alicyclic amines) is 2. The van der Waals surface area contributed by atoms with E-state index >= 15 is 0 Å². The molecule has 26 heavy (non-hydrogen) atoms. The minimum Gasteiger partial charge on any atom is -0.345 e. The fraction of sp³-hybridized carbons (Fsp3) is 0.550. The minimum absolute atomic E-state index is 0.288. The molecule has 1 spiro atoms. The number of piperidine rings is 2. The summed E-state index contributed by atoms with van der Waals surface area (Å²) >= 11 is 0. The van der Waals surface area contributed by atoms with Crippen molar-refractivity contribution in [3.05, 3.63) is 47.8 Å². The standard InChI is InChI=1S/C20H27N5O/c1-16-12-22-18(23-16)14-24-10-6-20(7-11-24)5-2-19(26)25(15-20)13-17-3-8-21-9-4-17/h3-4,8-9,12H,2,5-7,10-11,13-15H2,1H3,(H,22,23). The molecule has 0 unspecified atom stereocenters. The van der Waals surface area contributed by atoms with Crippen LogP contribution in [0.4, 0.5) is 0 Å². The summed E-state index contributed by atoms with van der Waals surface area (Å²) in [6, 6.07) is 4.00. The quantitative estimate of drug-likeness (QED) is 0.917. The Morgan fingerprint density at radius 1 is 1.15 bits per heavy atom. The topological polar surface area (TPSA) is 65.1 Å². The first kappa shape index (κ1) is 17.2. The van der Waals surface area contributed by atoms with Crippen molar-refractivity contribution in [3.8, 4) is 0 Å². The van der Waals surface area contributed by atoms with E-state index in [0.717, 1.165) is 62.5 Å². The van der Waals surface area contributed by atoms with Crippen LogP contribution in [0.5, 0.6) is 0 Å². The van der Waals surface area contributed by atoms with Crippen LogP contribution < -0.4 is 0 Å². The van der Waals surface area contributed by atoms with Gasteiger partial charge in [-0.2, -0.15) is 0 Å². The van der Waals surface area contributed by atoms with Gasteiger partial charge in [0.25, 0.3) is 0 Å². The van der Waals surface area contributed by atoms with Gasteiger partial charge in [0.15, 0.2) is 0 Å². The van der Waals surface area contributed by atoms with E-state index in [2.05, 4.69) is 24.8 Å². The van der Waals surface area contributed by atoms with E-state index in [4.69, 9.17) is 0 Å². The average Bonchev–Trinajstić information content (AvgIpc) is 3.06. The largest absolute Gasteiger partial charge is 0.345 e. The van der Waals surface area contributed by atoms with Crippen molar-refractivity contribution >= 4 is 5.91 Å². The van der Waals surface area contributed by atoms with Crippen LogP contribution in [0.25, 0.3) is 0 Å². The lowest BCUT2D eigenvalue weighted by Crippen LogP contribution is -2.51. The van der Waals surface area contributed by atoms with Crippen LogP contribution in [0.2, 0.25) is 0 Å². The predicted molar refractivity (Wildman–Crippen MR) is 99.2 cm³/mol. The summed E-state index contributed by atoms with van der Waals surface area (Å²) in [7, 11) is 0. The van der Waals surface area contributed by atoms with Gasteiger partial charge in [-0.05, 0) is 62.4 Å². The number of hydrogen-bond donors (Lipinski definition) is 1. The molecule has 4 rings (SSSR count). The van der Waals surface area contributed by atoms with Crippen molar-refractivity contribution in [2.24, 2.45) is 5.41 Å². The van der Waals surface area contributed by atoms with Crippen molar-refractivity contribution in [2.75, 3.05) is 19.6 Å². The maximum Gasteiger partial charge on any atom is 0.222 e. The molecule has 2 saturated heterocycles. The highest BCUT2D eigenvalue weighted by Gasteiger charge is 2.40. The second kappa shape index (κ2) is 7.19. The van der Waals surface area contributed by atoms with Crippen LogP contribution >= 0.6 is 0 Å². The molecular weight excluding hydrogens is 326 g/mol. The van der Waals surface area contributed by atoms with Gasteiger partial charge >= 0.3 is 0 Å². The molecule has 2 aliphatic rings. The van der Waals surface area contributed by atoms with Gasteiger partial charge in [-0.1, -0.05) is 0 Å². The highest BCUT2D eigenvalue weighted by atomic mass is 16.2. The lowest BCUT2D eigenvalue weighted by molar-refractivity contribution is -0.140. The third-order valence-corrected chi connectivity index (χ3v) is 5.92. The molecule has 6 nitrogen and oxygen atoms in total. The molecule has 2 aliphatic heterocycles. The Labute approximate surface area is 154 Å². The number of nitrogens with zero attached hydrogens (tertiary/aromatic N) is 4. The first-order chi connectivity index (χ1) is 12.6. The number of aromatic amines is 1. The van der Waals surface area contributed by atoms with Gasteiger partial charge in [0.2, 0.25) is 5.91 Å². The lowest BCUT2D eigenvalue weighted by Gasteiger charge is -2.47. The van der Waals surface area contributed by atoms with Crippen LogP contribution in [0, 0.1) is 12.3 Å². The maximum atomic E-state index is 12.4. The number of aryl methyl sites for hydroxylation is 1. The Kier molecular flexibility index (Phi) is 4.76. The summed E-state index contributed by atoms with van der Waals surface area (Å²) < 4.78 is 0. The highest BCUT2D eigenvalue weighted by Crippen LogP contribution is 2.40. The summed E-state index contributed by atoms with van der Waals surface area (Å²) in [6.45, 7) is 6.69. The maximum absolute atomic E-state index is 12.4. The Balaban J connectivity index is 1.36. The van der Waals surface area contributed by atoms with Gasteiger partial charge in [0.05, 0.1) is 6.54 Å². The SMILES string of the molecule is Cc1cnc(CN2CCC3(CCC(=O)N(Cc4ccncc4)C3)CC2)[nH]1. The summed E-state index contributed by atoms with van der Waals surface area (Å²) in [5, 5.41) is 0. The number of rotatable bonds is 4. The number of amides is 1. The number of carbonyl (C=O) groups excluding carboxylic acids is 1. The van der Waals surface area contributed by atoms with Crippen LogP contribution in [-0.4, -0.2) is 50.3 Å². The van der Waals surface area contributed by atoms with Gasteiger partial charge in [-0.15, -0.1) is 0 Å². The third kappa shape index (κ3) is 3.80. The lowest BCUT2D eigenvalue weighted by atomic mass is 9.72. The van der Waals surface area contributed by atoms with E-state index in [1.165, 1.54) is 0 Å². The number of nitrogens with one attached hydrogen (secondary N) is 1. The van der Waals surface area contributed by atoms with Gasteiger partial charge in [0, 0.05) is 43.8 Å². The zero-order chi connectivity index (χ0) is 18.0. The van der Waals surface area contributed by atoms with E-state index in [-0.39, 0.29) is 5.41 Å². The molecule has 2 fully saturated rings. The van der Waals surface area contributed by atoms with E-state index in [1.807, 2.05) is 25.3 Å². The minimum atomic E-state index is 0.288. The number of carbonyl (C=O) groups is 1.